The van der Waals surface area contributed by atoms with Gasteiger partial charge in [0.25, 0.3) is 0 Å². The molecule has 33 atom stereocenters. The van der Waals surface area contributed by atoms with Crippen LogP contribution in [0.2, 0.25) is 0 Å². The second-order valence-corrected chi connectivity index (χ2v) is 27.8. The molecular formula is C60H86O21. The minimum Gasteiger partial charge on any atom is -0.459 e. The Labute approximate surface area is 473 Å². The Bertz CT molecular complexity index is 2430. The predicted octanol–water partition coefficient (Wildman–Crippen LogP) is 3.22. The van der Waals surface area contributed by atoms with Crippen molar-refractivity contribution in [1.29, 1.82) is 0 Å². The first-order valence-electron chi connectivity index (χ1n) is 31.0. The Morgan fingerprint density at radius 3 is 2.10 bits per heavy atom. The van der Waals surface area contributed by atoms with Crippen LogP contribution in [0.1, 0.15) is 137 Å². The number of aliphatic hydroxyl groups is 5. The van der Waals surface area contributed by atoms with E-state index in [0.29, 0.717) is 77.0 Å². The topological polar surface area (TPSA) is 257 Å². The van der Waals surface area contributed by atoms with Crippen LogP contribution in [0.3, 0.4) is 0 Å². The quantitative estimate of drug-likeness (QED) is 0.200. The summed E-state index contributed by atoms with van der Waals surface area (Å²) in [6.07, 6.45) is -5.06. The van der Waals surface area contributed by atoms with E-state index in [1.165, 1.54) is 0 Å². The van der Waals surface area contributed by atoms with Gasteiger partial charge in [0.2, 0.25) is 11.6 Å². The van der Waals surface area contributed by atoms with Crippen molar-refractivity contribution < 1.29 is 101 Å². The maximum Gasteiger partial charge on any atom is 0.308 e. The van der Waals surface area contributed by atoms with E-state index in [2.05, 4.69) is 40.9 Å². The van der Waals surface area contributed by atoms with Gasteiger partial charge in [0.15, 0.2) is 17.7 Å². The minimum absolute atomic E-state index is 0.0207. The monoisotopic (exact) mass is 1140 g/mol. The molecule has 0 aromatic rings. The van der Waals surface area contributed by atoms with Gasteiger partial charge in [-0.1, -0.05) is 40.9 Å². The standard InChI is InChI=1S/C60H86O21/c1-25-13-32-7-9-36-26(2)14-34(67-36)11-12-59-56(65)60(66)55(81-59)54-53(80-60)52(79-59)51-37(71-54)10-8-33(69-51)16-46(64)74-50-30(6)49-42(70-41(50)17-38(68-32)29(25)5)19-40-44(73-49)22-58(75-40)23-45-48(78-58)28(4)21-57(77-45)20-27(3)47-43(76-57)18-39(72-47)35(63)15-31(62)24-61/h25,27-28,30-45,47-56,61-63,65-66H,2,5,7-24H2,1,3-4,6H3/t25-,27+,28+,30+,31-,32+,33-,34+,35+,36+,37+,38?,39+,40-,41+,42+,43+,44-,45+,47+,48+,49+,50-,51+,52+,53+,54?,55+,56+,57-,58-,59-,60?/m1/s1. The molecule has 0 aromatic carbocycles. The number of aliphatic hydroxyl groups excluding tert-OH is 4. The summed E-state index contributed by atoms with van der Waals surface area (Å²) in [5, 5.41) is 54.2. The molecule has 0 radical (unpaired) electrons. The van der Waals surface area contributed by atoms with E-state index in [-0.39, 0.29) is 110 Å². The van der Waals surface area contributed by atoms with E-state index in [9.17, 15) is 30.3 Å². The third-order valence-electron chi connectivity index (χ3n) is 22.2. The highest BCUT2D eigenvalue weighted by Crippen LogP contribution is 2.60. The largest absolute Gasteiger partial charge is 0.459 e. The zero-order valence-corrected chi connectivity index (χ0v) is 47.2. The van der Waals surface area contributed by atoms with E-state index in [1.54, 1.807) is 0 Å². The lowest BCUT2D eigenvalue weighted by atomic mass is 9.79. The lowest BCUT2D eigenvalue weighted by Gasteiger charge is -2.50. The highest BCUT2D eigenvalue weighted by Gasteiger charge is 2.79. The van der Waals surface area contributed by atoms with Gasteiger partial charge in [0.05, 0.1) is 123 Å². The average molecular weight is 1140 g/mol. The van der Waals surface area contributed by atoms with Crippen molar-refractivity contribution in [2.75, 3.05) is 6.61 Å². The Hall–Kier alpha value is -1.81. The van der Waals surface area contributed by atoms with Gasteiger partial charge in [0, 0.05) is 63.7 Å². The molecule has 21 nitrogen and oxygen atoms in total. The molecule has 0 amide bonds. The Morgan fingerprint density at radius 1 is 0.568 bits per heavy atom. The molecule has 0 aromatic heterocycles. The van der Waals surface area contributed by atoms with Crippen LogP contribution in [0.4, 0.5) is 0 Å². The zero-order chi connectivity index (χ0) is 55.8. The van der Waals surface area contributed by atoms with E-state index in [4.69, 9.17) is 71.1 Å². The lowest BCUT2D eigenvalue weighted by molar-refractivity contribution is -0.347. The summed E-state index contributed by atoms with van der Waals surface area (Å²) in [5.41, 5.74) is 1.99. The van der Waals surface area contributed by atoms with Crippen LogP contribution in [-0.4, -0.2) is 214 Å². The Morgan fingerprint density at radius 2 is 1.27 bits per heavy atom. The first-order valence-corrected chi connectivity index (χ1v) is 31.0. The third-order valence-corrected chi connectivity index (χ3v) is 22.2. The molecule has 3 unspecified atom stereocenters. The van der Waals surface area contributed by atoms with Crippen molar-refractivity contribution in [3.8, 4) is 0 Å². The van der Waals surface area contributed by atoms with E-state index in [1.807, 2.05) is 0 Å². The van der Waals surface area contributed by atoms with Crippen LogP contribution >= 0.6 is 0 Å². The normalized spacial score (nSPS) is 57.9. The molecule has 3 spiro atoms. The summed E-state index contributed by atoms with van der Waals surface area (Å²) in [5.74, 6) is -5.84. The number of hydrogen-bond donors (Lipinski definition) is 5. The highest BCUT2D eigenvalue weighted by molar-refractivity contribution is 5.70. The average Bonchev–Trinajstić information content (AvgIpc) is 2.02. The maximum atomic E-state index is 14.6. The molecule has 16 heterocycles. The van der Waals surface area contributed by atoms with E-state index >= 15 is 0 Å². The smallest absolute Gasteiger partial charge is 0.308 e. The number of esters is 1. The second kappa shape index (κ2) is 20.4. The van der Waals surface area contributed by atoms with E-state index < -0.39 is 121 Å². The maximum absolute atomic E-state index is 14.6. The van der Waals surface area contributed by atoms with Crippen LogP contribution in [0.15, 0.2) is 24.3 Å². The van der Waals surface area contributed by atoms with Crippen molar-refractivity contribution in [2.24, 2.45) is 23.7 Å². The fraction of sp³-hybridized carbons (Fsp3) is 0.917. The van der Waals surface area contributed by atoms with Crippen LogP contribution in [-0.2, 0) is 75.8 Å². The summed E-state index contributed by atoms with van der Waals surface area (Å²) in [6, 6.07) is 0. The lowest BCUT2D eigenvalue weighted by Crippen LogP contribution is -2.63. The number of carbonyl (C=O) groups excluding carboxylic acids is 1. The summed E-state index contributed by atoms with van der Waals surface area (Å²) in [7, 11) is 0. The van der Waals surface area contributed by atoms with Crippen molar-refractivity contribution in [2.45, 2.75) is 313 Å². The molecule has 5 N–H and O–H groups in total. The summed E-state index contributed by atoms with van der Waals surface area (Å²) in [4.78, 5) is 14.6. The first kappa shape index (κ1) is 55.7. The van der Waals surface area contributed by atoms with Gasteiger partial charge in [0.1, 0.15) is 36.6 Å². The minimum atomic E-state index is -2.03. The number of rotatable bonds is 4. The second-order valence-electron chi connectivity index (χ2n) is 27.8. The molecule has 12 bridgehead atoms. The molecule has 16 saturated heterocycles. The third kappa shape index (κ3) is 9.28. The fourth-order valence-corrected chi connectivity index (χ4v) is 18.2. The number of fused-ring (bicyclic) bond motifs is 10. The molecule has 16 aliphatic rings. The fourth-order valence-electron chi connectivity index (χ4n) is 18.2. The Kier molecular flexibility index (Phi) is 14.0. The number of carbonyl (C=O) groups is 1. The molecule has 0 aliphatic carbocycles. The van der Waals surface area contributed by atoms with Gasteiger partial charge >= 0.3 is 5.97 Å². The molecule has 16 aliphatic heterocycles. The summed E-state index contributed by atoms with van der Waals surface area (Å²) >= 11 is 0. The van der Waals surface area contributed by atoms with Crippen LogP contribution in [0, 0.1) is 23.7 Å². The summed E-state index contributed by atoms with van der Waals surface area (Å²) < 4.78 is 102. The van der Waals surface area contributed by atoms with Crippen LogP contribution in [0.25, 0.3) is 0 Å². The molecule has 452 valence electrons. The molecule has 16 fully saturated rings. The zero-order valence-electron chi connectivity index (χ0n) is 47.2. The Balaban J connectivity index is 0.660. The first-order chi connectivity index (χ1) is 38.8. The molecule has 21 heteroatoms. The highest BCUT2D eigenvalue weighted by atomic mass is 16.8. The number of ether oxygens (including phenoxy) is 15. The van der Waals surface area contributed by atoms with E-state index in [0.717, 1.165) is 24.0 Å². The van der Waals surface area contributed by atoms with Gasteiger partial charge < -0.3 is 96.6 Å². The van der Waals surface area contributed by atoms with Crippen molar-refractivity contribution in [1.82, 2.24) is 0 Å². The molecular weight excluding hydrogens is 1060 g/mol. The predicted molar refractivity (Wildman–Crippen MR) is 276 cm³/mol. The molecule has 81 heavy (non-hydrogen) atoms. The van der Waals surface area contributed by atoms with Crippen molar-refractivity contribution in [3.63, 3.8) is 0 Å². The van der Waals surface area contributed by atoms with Gasteiger partial charge in [-0.15, -0.1) is 0 Å². The van der Waals surface area contributed by atoms with Crippen molar-refractivity contribution >= 4 is 5.97 Å². The summed E-state index contributed by atoms with van der Waals surface area (Å²) in [6.45, 7) is 17.2. The number of hydrogen-bond acceptors (Lipinski definition) is 21. The van der Waals surface area contributed by atoms with Gasteiger partial charge in [-0.2, -0.15) is 0 Å². The molecule has 16 rings (SSSR count). The van der Waals surface area contributed by atoms with Crippen LogP contribution < -0.4 is 0 Å². The van der Waals surface area contributed by atoms with Crippen LogP contribution in [0.5, 0.6) is 0 Å². The van der Waals surface area contributed by atoms with Crippen molar-refractivity contribution in [3.05, 3.63) is 24.3 Å². The van der Waals surface area contributed by atoms with Gasteiger partial charge in [-0.3, -0.25) is 4.79 Å². The van der Waals surface area contributed by atoms with Gasteiger partial charge in [-0.25, -0.2) is 0 Å². The molecule has 0 saturated carbocycles. The van der Waals surface area contributed by atoms with Gasteiger partial charge in [-0.05, 0) is 73.8 Å². The SMILES string of the molecule is C=C1C2C[C@@H]3O[C@H]4C[C@H]5O[C@]6(C[C@@H]7O[C@]8(C[C@H](C)[C@@H]9O[C@H]([C@@H](O)C[C@@H](O)CO)C[C@@H]9O8)C[C@H](C)[C@@H]7O6)C[C@H]5O[C@H]4[C@H](C)[C@H]3OC(=O)C[C@H]3CC[C@@H]4OC5[C@H]6OC7(O)[C@@H](O)[C@](CC[C@H]8CC(=C)[C@H](CC[C@@H](C[C@H]1C)O2)O8)(O[C@H]6[C@H]4O3)O[C@@H]57.